The van der Waals surface area contributed by atoms with Gasteiger partial charge < -0.3 is 5.32 Å². The Balaban J connectivity index is 1.67. The Labute approximate surface area is 142 Å². The van der Waals surface area contributed by atoms with Crippen molar-refractivity contribution in [3.05, 3.63) is 18.2 Å². The Bertz CT molecular complexity index is 831. The first kappa shape index (κ1) is 17.1. The normalized spacial score (nSPS) is 18.2. The second-order valence-corrected chi connectivity index (χ2v) is 9.87. The van der Waals surface area contributed by atoms with Gasteiger partial charge in [-0.15, -0.1) is 10.2 Å². The third-order valence-electron chi connectivity index (χ3n) is 4.39. The number of nitrogens with zero attached hydrogens (tertiary/aromatic N) is 5. The van der Waals surface area contributed by atoms with E-state index in [1.54, 1.807) is 31.4 Å². The van der Waals surface area contributed by atoms with Crippen molar-refractivity contribution < 1.29 is 8.42 Å². The van der Waals surface area contributed by atoms with Crippen molar-refractivity contribution in [3.8, 4) is 0 Å². The molecule has 1 fully saturated rings. The summed E-state index contributed by atoms with van der Waals surface area (Å²) >= 11 is 0. The van der Waals surface area contributed by atoms with Gasteiger partial charge in [0.25, 0.3) is 0 Å². The quantitative estimate of drug-likeness (QED) is 0.898. The lowest BCUT2D eigenvalue weighted by molar-refractivity contribution is 0.321. The van der Waals surface area contributed by atoms with Gasteiger partial charge in [-0.1, -0.05) is 0 Å². The van der Waals surface area contributed by atoms with Crippen molar-refractivity contribution in [3.63, 3.8) is 0 Å². The van der Waals surface area contributed by atoms with Crippen LogP contribution in [0, 0.1) is 6.92 Å². The lowest BCUT2D eigenvalue weighted by Gasteiger charge is -2.35. The molecule has 0 spiro atoms. The Morgan fingerprint density at radius 2 is 1.92 bits per heavy atom. The van der Waals surface area contributed by atoms with Crippen molar-refractivity contribution in [1.82, 2.24) is 23.9 Å². The van der Waals surface area contributed by atoms with Crippen LogP contribution in [0.25, 0.3) is 5.65 Å². The number of rotatable bonds is 3. The highest BCUT2D eigenvalue weighted by atomic mass is 32.2. The van der Waals surface area contributed by atoms with Gasteiger partial charge in [-0.05, 0) is 40.5 Å². The Hall–Kier alpha value is -1.74. The van der Waals surface area contributed by atoms with Gasteiger partial charge in [-0.25, -0.2) is 17.7 Å². The third kappa shape index (κ3) is 3.10. The molecule has 132 valence electrons. The van der Waals surface area contributed by atoms with Crippen molar-refractivity contribution in [2.45, 2.75) is 51.3 Å². The molecule has 9 heteroatoms. The van der Waals surface area contributed by atoms with Gasteiger partial charge in [0.2, 0.25) is 10.0 Å². The average molecular weight is 352 g/mol. The second kappa shape index (κ2) is 5.96. The number of aromatic nitrogens is 4. The van der Waals surface area contributed by atoms with Crippen molar-refractivity contribution in [1.29, 1.82) is 0 Å². The zero-order valence-corrected chi connectivity index (χ0v) is 15.3. The molecule has 0 atom stereocenters. The standard InChI is InChI=1S/C15H24N6O2S/c1-11-17-13(9-14-19-16-10-21(11)14)18-12-5-7-20(8-6-12)24(22,23)15(2,3)4/h9-10,12,18H,5-8H2,1-4H3. The molecule has 1 saturated heterocycles. The SMILES string of the molecule is Cc1nc(NC2CCN(S(=O)(=O)C(C)(C)C)CC2)cc2nncn12. The highest BCUT2D eigenvalue weighted by Crippen LogP contribution is 2.25. The summed E-state index contributed by atoms with van der Waals surface area (Å²) in [6.07, 6.45) is 3.15. The zero-order valence-electron chi connectivity index (χ0n) is 14.5. The van der Waals surface area contributed by atoms with Crippen molar-refractivity contribution in [2.75, 3.05) is 18.4 Å². The van der Waals surface area contributed by atoms with Crippen LogP contribution < -0.4 is 5.32 Å². The molecular weight excluding hydrogens is 328 g/mol. The summed E-state index contributed by atoms with van der Waals surface area (Å²) in [5, 5.41) is 11.3. The number of aryl methyl sites for hydroxylation is 1. The molecule has 0 unspecified atom stereocenters. The van der Waals surface area contributed by atoms with E-state index in [9.17, 15) is 8.42 Å². The van der Waals surface area contributed by atoms with Crippen LogP contribution in [0.3, 0.4) is 0 Å². The molecule has 0 saturated carbocycles. The van der Waals surface area contributed by atoms with Gasteiger partial charge >= 0.3 is 0 Å². The summed E-state index contributed by atoms with van der Waals surface area (Å²) in [5.74, 6) is 1.57. The number of anilines is 1. The largest absolute Gasteiger partial charge is 0.367 e. The van der Waals surface area contributed by atoms with E-state index in [2.05, 4.69) is 20.5 Å². The predicted octanol–water partition coefficient (Wildman–Crippen LogP) is 1.44. The van der Waals surface area contributed by atoms with Crippen LogP contribution in [0.15, 0.2) is 12.4 Å². The van der Waals surface area contributed by atoms with Gasteiger partial charge in [0.15, 0.2) is 5.65 Å². The highest BCUT2D eigenvalue weighted by molar-refractivity contribution is 7.90. The summed E-state index contributed by atoms with van der Waals surface area (Å²) in [4.78, 5) is 4.51. The average Bonchev–Trinajstić information content (AvgIpc) is 2.95. The molecule has 8 nitrogen and oxygen atoms in total. The van der Waals surface area contributed by atoms with Crippen LogP contribution in [0.1, 0.15) is 39.4 Å². The summed E-state index contributed by atoms with van der Waals surface area (Å²) in [7, 11) is -3.26. The molecule has 0 aliphatic carbocycles. The molecule has 1 aliphatic heterocycles. The van der Waals surface area contributed by atoms with E-state index in [1.165, 1.54) is 0 Å². The number of piperidine rings is 1. The molecule has 2 aromatic rings. The van der Waals surface area contributed by atoms with Gasteiger partial charge in [0, 0.05) is 25.2 Å². The maximum absolute atomic E-state index is 12.5. The summed E-state index contributed by atoms with van der Waals surface area (Å²) in [6, 6.07) is 2.06. The van der Waals surface area contributed by atoms with E-state index in [0.29, 0.717) is 13.1 Å². The van der Waals surface area contributed by atoms with E-state index in [0.717, 1.165) is 30.1 Å². The minimum Gasteiger partial charge on any atom is -0.367 e. The fourth-order valence-corrected chi connectivity index (χ4v) is 4.35. The molecule has 3 rings (SSSR count). The van der Waals surface area contributed by atoms with Crippen LogP contribution in [0.4, 0.5) is 5.82 Å². The monoisotopic (exact) mass is 352 g/mol. The number of nitrogens with one attached hydrogen (secondary N) is 1. The summed E-state index contributed by atoms with van der Waals surface area (Å²) in [5.41, 5.74) is 0.748. The van der Waals surface area contributed by atoms with Gasteiger partial charge in [-0.2, -0.15) is 0 Å². The van der Waals surface area contributed by atoms with Crippen LogP contribution >= 0.6 is 0 Å². The molecule has 1 aliphatic rings. The molecule has 2 aromatic heterocycles. The first-order valence-corrected chi connectivity index (χ1v) is 9.56. The fraction of sp³-hybridized carbons (Fsp3) is 0.667. The van der Waals surface area contributed by atoms with E-state index in [-0.39, 0.29) is 6.04 Å². The van der Waals surface area contributed by atoms with E-state index in [1.807, 2.05) is 17.4 Å². The highest BCUT2D eigenvalue weighted by Gasteiger charge is 2.37. The van der Waals surface area contributed by atoms with Crippen LogP contribution in [-0.2, 0) is 10.0 Å². The fourth-order valence-electron chi connectivity index (χ4n) is 2.89. The molecule has 24 heavy (non-hydrogen) atoms. The van der Waals surface area contributed by atoms with Crippen molar-refractivity contribution >= 4 is 21.5 Å². The number of hydrogen-bond acceptors (Lipinski definition) is 6. The maximum atomic E-state index is 12.5. The smallest absolute Gasteiger partial charge is 0.219 e. The lowest BCUT2D eigenvalue weighted by atomic mass is 10.1. The Morgan fingerprint density at radius 1 is 1.25 bits per heavy atom. The predicted molar refractivity (Wildman–Crippen MR) is 92.4 cm³/mol. The first-order chi connectivity index (χ1) is 11.2. The van der Waals surface area contributed by atoms with Crippen LogP contribution in [0.5, 0.6) is 0 Å². The van der Waals surface area contributed by atoms with Crippen LogP contribution in [0.2, 0.25) is 0 Å². The molecule has 0 radical (unpaired) electrons. The van der Waals surface area contributed by atoms with Crippen LogP contribution in [-0.4, -0.2) is 56.2 Å². The molecule has 0 bridgehead atoms. The Morgan fingerprint density at radius 3 is 2.54 bits per heavy atom. The summed E-state index contributed by atoms with van der Waals surface area (Å²) in [6.45, 7) is 8.19. The topological polar surface area (TPSA) is 92.5 Å². The second-order valence-electron chi connectivity index (χ2n) is 7.18. The number of hydrogen-bond donors (Lipinski definition) is 1. The van der Waals surface area contributed by atoms with Gasteiger partial charge in [0.1, 0.15) is 18.0 Å². The molecule has 3 heterocycles. The minimum atomic E-state index is -3.26. The molecule has 0 aromatic carbocycles. The first-order valence-electron chi connectivity index (χ1n) is 8.12. The molecule has 1 N–H and O–H groups in total. The van der Waals surface area contributed by atoms with E-state index < -0.39 is 14.8 Å². The van der Waals surface area contributed by atoms with Crippen molar-refractivity contribution in [2.24, 2.45) is 0 Å². The number of fused-ring (bicyclic) bond motifs is 1. The molecule has 0 amide bonds. The van der Waals surface area contributed by atoms with E-state index >= 15 is 0 Å². The minimum absolute atomic E-state index is 0.202. The summed E-state index contributed by atoms with van der Waals surface area (Å²) < 4.78 is 27.7. The Kier molecular flexibility index (Phi) is 4.25. The third-order valence-corrected chi connectivity index (χ3v) is 6.98. The van der Waals surface area contributed by atoms with Gasteiger partial charge in [-0.3, -0.25) is 4.40 Å². The van der Waals surface area contributed by atoms with Gasteiger partial charge in [0.05, 0.1) is 4.75 Å². The van der Waals surface area contributed by atoms with E-state index in [4.69, 9.17) is 0 Å². The molecular formula is C15H24N6O2S. The zero-order chi connectivity index (χ0) is 17.5. The maximum Gasteiger partial charge on any atom is 0.219 e. The lowest BCUT2D eigenvalue weighted by Crippen LogP contribution is -2.48. The number of sulfonamides is 1.